The van der Waals surface area contributed by atoms with Crippen LogP contribution in [0.25, 0.3) is 22.4 Å². The average Bonchev–Trinajstić information content (AvgIpc) is 3.09. The summed E-state index contributed by atoms with van der Waals surface area (Å²) in [5.41, 5.74) is 3.04. The topological polar surface area (TPSA) is 104 Å². The molecule has 0 bridgehead atoms. The van der Waals surface area contributed by atoms with Crippen LogP contribution in [0.5, 0.6) is 0 Å². The van der Waals surface area contributed by atoms with Gasteiger partial charge in [-0.1, -0.05) is 33.3 Å². The Bertz CT molecular complexity index is 1340. The van der Waals surface area contributed by atoms with Crippen LogP contribution in [0.3, 0.4) is 0 Å². The minimum atomic E-state index is -3.65. The van der Waals surface area contributed by atoms with Crippen LogP contribution < -0.4 is 5.56 Å². The van der Waals surface area contributed by atoms with Gasteiger partial charge in [-0.15, -0.1) is 0 Å². The van der Waals surface area contributed by atoms with Gasteiger partial charge in [-0.2, -0.15) is 9.40 Å². The Balaban J connectivity index is 0.00000324. The molecule has 1 saturated heterocycles. The van der Waals surface area contributed by atoms with E-state index in [1.54, 1.807) is 23.9 Å². The number of hydrogen-bond donors (Lipinski definition) is 1. The first-order valence-electron chi connectivity index (χ1n) is 11.4. The zero-order chi connectivity index (χ0) is 23.9. The molecule has 0 unspecified atom stereocenters. The highest BCUT2D eigenvalue weighted by molar-refractivity contribution is 7.89. The Kier molecular flexibility index (Phi) is 6.43. The molecule has 2 aromatic heterocycles. The summed E-state index contributed by atoms with van der Waals surface area (Å²) >= 11 is 0. The number of likely N-dealkylation sites (N-methyl/N-ethyl adjacent to an activating group) is 1. The van der Waals surface area contributed by atoms with Crippen LogP contribution in [-0.2, 0) is 23.5 Å². The molecule has 180 valence electrons. The van der Waals surface area contributed by atoms with Crippen molar-refractivity contribution >= 4 is 21.1 Å². The van der Waals surface area contributed by atoms with E-state index in [4.69, 9.17) is 4.98 Å². The minimum absolute atomic E-state index is 0. The number of hydrogen-bond acceptors (Lipinski definition) is 6. The van der Waals surface area contributed by atoms with Crippen LogP contribution in [0.1, 0.15) is 45.8 Å². The van der Waals surface area contributed by atoms with E-state index < -0.39 is 10.0 Å². The molecule has 1 N–H and O–H groups in total. The number of sulfonamides is 1. The maximum atomic E-state index is 13.4. The summed E-state index contributed by atoms with van der Waals surface area (Å²) in [7, 11) is 0.0727. The Labute approximate surface area is 196 Å². The zero-order valence-electron chi connectivity index (χ0n) is 19.9. The molecule has 4 rings (SSSR count). The normalized spacial score (nSPS) is 16.2. The number of fused-ring (bicyclic) bond motifs is 1. The first-order valence-corrected chi connectivity index (χ1v) is 12.9. The van der Waals surface area contributed by atoms with Crippen LogP contribution in [0.15, 0.2) is 27.9 Å². The third kappa shape index (κ3) is 4.34. The predicted molar refractivity (Wildman–Crippen MR) is 131 cm³/mol. The summed E-state index contributed by atoms with van der Waals surface area (Å²) in [6, 6.07) is 5.15. The van der Waals surface area contributed by atoms with Crippen LogP contribution in [0.2, 0.25) is 0 Å². The molecule has 0 saturated carbocycles. The van der Waals surface area contributed by atoms with Gasteiger partial charge in [-0.25, -0.2) is 13.4 Å². The van der Waals surface area contributed by atoms with Crippen molar-refractivity contribution in [2.75, 3.05) is 33.2 Å². The molecular weight excluding hydrogens is 440 g/mol. The number of H-pyrrole nitrogens is 1. The summed E-state index contributed by atoms with van der Waals surface area (Å²) in [6.45, 7) is 8.44. The van der Waals surface area contributed by atoms with Gasteiger partial charge in [0, 0.05) is 40.2 Å². The third-order valence-electron chi connectivity index (χ3n) is 6.25. The summed E-state index contributed by atoms with van der Waals surface area (Å²) in [5.74, 6) is 0.488. The second kappa shape index (κ2) is 9.00. The van der Waals surface area contributed by atoms with E-state index >= 15 is 0 Å². The van der Waals surface area contributed by atoms with Crippen molar-refractivity contribution in [2.45, 2.75) is 44.4 Å². The van der Waals surface area contributed by atoms with E-state index in [2.05, 4.69) is 21.9 Å². The maximum absolute atomic E-state index is 13.4. The number of nitrogens with zero attached hydrogens (tertiary/aromatic N) is 5. The SMILES string of the molecule is CCCc1nn(C)c2c(=O)[nH]c(-c3cc(S(=O)(=O)N4CCN(C)CC4)ccc3C(C)C)nc12.[HH]. The standard InChI is InChI=1S/C23H32N6O3S.H2/c1-6-7-19-20-21(28(5)26-19)23(30)25-22(24-20)18-14-16(8-9-17(18)15(2)3)33(31,32)29-12-10-27(4)11-13-29;/h8-9,14-15H,6-7,10-13H2,1-5H3,(H,24,25,30);1H. The van der Waals surface area contributed by atoms with Gasteiger partial charge in [0.2, 0.25) is 10.0 Å². The minimum Gasteiger partial charge on any atom is -0.305 e. The summed E-state index contributed by atoms with van der Waals surface area (Å²) in [6.07, 6.45) is 1.59. The van der Waals surface area contributed by atoms with Gasteiger partial charge >= 0.3 is 0 Å². The molecule has 3 heterocycles. The van der Waals surface area contributed by atoms with Crippen molar-refractivity contribution in [3.05, 3.63) is 39.8 Å². The number of nitrogens with one attached hydrogen (secondary N) is 1. The molecule has 9 nitrogen and oxygen atoms in total. The zero-order valence-corrected chi connectivity index (χ0v) is 20.7. The fraction of sp³-hybridized carbons (Fsp3) is 0.522. The summed E-state index contributed by atoms with van der Waals surface area (Å²) in [4.78, 5) is 23.0. The second-order valence-electron chi connectivity index (χ2n) is 9.04. The lowest BCUT2D eigenvalue weighted by atomic mass is 9.96. The number of piperazine rings is 1. The molecule has 0 amide bonds. The number of aromatic nitrogens is 4. The lowest BCUT2D eigenvalue weighted by Gasteiger charge is -2.31. The van der Waals surface area contributed by atoms with Gasteiger partial charge in [0.05, 0.1) is 10.6 Å². The number of aromatic amines is 1. The molecule has 1 aliphatic heterocycles. The van der Waals surface area contributed by atoms with Crippen LogP contribution in [0.4, 0.5) is 0 Å². The highest BCUT2D eigenvalue weighted by Gasteiger charge is 2.29. The highest BCUT2D eigenvalue weighted by Crippen LogP contribution is 2.31. The van der Waals surface area contributed by atoms with Gasteiger partial charge in [-0.3, -0.25) is 9.48 Å². The number of aryl methyl sites for hydroxylation is 2. The largest absolute Gasteiger partial charge is 0.305 e. The van der Waals surface area contributed by atoms with Gasteiger partial charge in [0.1, 0.15) is 11.3 Å². The number of rotatable bonds is 6. The molecule has 1 aliphatic rings. The summed E-state index contributed by atoms with van der Waals surface area (Å²) < 4.78 is 29.9. The predicted octanol–water partition coefficient (Wildman–Crippen LogP) is 2.58. The lowest BCUT2D eigenvalue weighted by molar-refractivity contribution is 0.222. The Hall–Kier alpha value is -2.56. The summed E-state index contributed by atoms with van der Waals surface area (Å²) in [5, 5.41) is 4.48. The van der Waals surface area contributed by atoms with Gasteiger partial charge in [0.25, 0.3) is 5.56 Å². The van der Waals surface area contributed by atoms with E-state index in [0.717, 1.165) is 17.7 Å². The molecule has 0 spiro atoms. The van der Waals surface area contributed by atoms with Crippen LogP contribution in [-0.4, -0.2) is 70.6 Å². The quantitative estimate of drug-likeness (QED) is 0.589. The van der Waals surface area contributed by atoms with E-state index in [-0.39, 0.29) is 17.8 Å². The molecule has 1 fully saturated rings. The highest BCUT2D eigenvalue weighted by atomic mass is 32.2. The Morgan fingerprint density at radius 3 is 2.48 bits per heavy atom. The first kappa shape index (κ1) is 23.6. The monoisotopic (exact) mass is 474 g/mol. The van der Waals surface area contributed by atoms with Crippen LogP contribution >= 0.6 is 0 Å². The molecule has 0 atom stereocenters. The maximum Gasteiger partial charge on any atom is 0.277 e. The molecule has 1 aromatic carbocycles. The van der Waals surface area contributed by atoms with E-state index in [0.29, 0.717) is 55.0 Å². The molecule has 0 aliphatic carbocycles. The Morgan fingerprint density at radius 1 is 1.15 bits per heavy atom. The van der Waals surface area contributed by atoms with Crippen molar-refractivity contribution in [2.24, 2.45) is 7.05 Å². The molecule has 3 aromatic rings. The molecular formula is C23H34N6O3S. The average molecular weight is 475 g/mol. The van der Waals surface area contributed by atoms with Crippen molar-refractivity contribution < 1.29 is 9.84 Å². The van der Waals surface area contributed by atoms with Gasteiger partial charge in [-0.05, 0) is 37.1 Å². The van der Waals surface area contributed by atoms with Crippen molar-refractivity contribution in [1.29, 1.82) is 0 Å². The smallest absolute Gasteiger partial charge is 0.277 e. The van der Waals surface area contributed by atoms with E-state index in [9.17, 15) is 13.2 Å². The first-order chi connectivity index (χ1) is 15.6. The van der Waals surface area contributed by atoms with E-state index in [1.165, 1.54) is 4.31 Å². The lowest BCUT2D eigenvalue weighted by Crippen LogP contribution is -2.47. The van der Waals surface area contributed by atoms with E-state index in [1.807, 2.05) is 27.0 Å². The third-order valence-corrected chi connectivity index (χ3v) is 8.15. The fourth-order valence-corrected chi connectivity index (χ4v) is 5.81. The molecule has 10 heteroatoms. The van der Waals surface area contributed by atoms with Gasteiger partial charge in [0.15, 0.2) is 5.52 Å². The van der Waals surface area contributed by atoms with Crippen LogP contribution in [0, 0.1) is 0 Å². The molecule has 33 heavy (non-hydrogen) atoms. The second-order valence-corrected chi connectivity index (χ2v) is 11.0. The fourth-order valence-electron chi connectivity index (χ4n) is 4.36. The molecule has 0 radical (unpaired) electrons. The van der Waals surface area contributed by atoms with Crippen molar-refractivity contribution in [3.8, 4) is 11.4 Å². The number of benzene rings is 1. The van der Waals surface area contributed by atoms with Crippen molar-refractivity contribution in [1.82, 2.24) is 29.0 Å². The Morgan fingerprint density at radius 2 is 1.85 bits per heavy atom. The van der Waals surface area contributed by atoms with Gasteiger partial charge < -0.3 is 9.88 Å². The van der Waals surface area contributed by atoms with Crippen molar-refractivity contribution in [3.63, 3.8) is 0 Å².